The van der Waals surface area contributed by atoms with Gasteiger partial charge in [0.15, 0.2) is 0 Å². The number of carbonyl (C=O) groups excluding carboxylic acids is 2. The number of ether oxygens (including phenoxy) is 1. The highest BCUT2D eigenvalue weighted by molar-refractivity contribution is 5.89. The molecule has 0 aliphatic rings. The summed E-state index contributed by atoms with van der Waals surface area (Å²) in [7, 11) is 0. The van der Waals surface area contributed by atoms with Gasteiger partial charge >= 0.3 is 6.03 Å². The summed E-state index contributed by atoms with van der Waals surface area (Å²) in [5, 5.41) is 8.17. The van der Waals surface area contributed by atoms with Crippen LogP contribution in [-0.4, -0.2) is 30.0 Å². The van der Waals surface area contributed by atoms with Crippen LogP contribution in [0.5, 0.6) is 5.75 Å². The summed E-state index contributed by atoms with van der Waals surface area (Å²) >= 11 is 0. The summed E-state index contributed by atoms with van der Waals surface area (Å²) in [5.41, 5.74) is 1.64. The third-order valence-corrected chi connectivity index (χ3v) is 3.48. The topological polar surface area (TPSA) is 92.4 Å². The molecule has 0 saturated carbocycles. The first-order valence-electron chi connectivity index (χ1n) is 8.49. The highest BCUT2D eigenvalue weighted by atomic mass is 16.5. The third kappa shape index (κ3) is 6.80. The van der Waals surface area contributed by atoms with Crippen molar-refractivity contribution < 1.29 is 14.3 Å². The maximum atomic E-state index is 11.9. The summed E-state index contributed by atoms with van der Waals surface area (Å²) < 4.78 is 5.71. The fourth-order valence-corrected chi connectivity index (χ4v) is 2.05. The molecule has 0 atom stereocenters. The minimum atomic E-state index is -0.338. The minimum Gasteiger partial charge on any atom is -0.489 e. The number of amides is 3. The van der Waals surface area contributed by atoms with E-state index in [0.717, 1.165) is 5.56 Å². The SMILES string of the molecule is CC(C)C(=O)NCCNC(=O)Nc1cccc(OCc2ccncc2)c1. The summed E-state index contributed by atoms with van der Waals surface area (Å²) in [4.78, 5) is 27.3. The first-order valence-corrected chi connectivity index (χ1v) is 8.49. The highest BCUT2D eigenvalue weighted by Gasteiger charge is 2.06. The summed E-state index contributed by atoms with van der Waals surface area (Å²) in [6.45, 7) is 4.80. The van der Waals surface area contributed by atoms with E-state index in [4.69, 9.17) is 4.74 Å². The smallest absolute Gasteiger partial charge is 0.319 e. The quantitative estimate of drug-likeness (QED) is 0.634. The molecular formula is C19H24N4O3. The molecule has 0 saturated heterocycles. The van der Waals surface area contributed by atoms with Gasteiger partial charge in [0.05, 0.1) is 0 Å². The Balaban J connectivity index is 1.75. The average molecular weight is 356 g/mol. The second-order valence-electron chi connectivity index (χ2n) is 6.00. The van der Waals surface area contributed by atoms with Crippen molar-refractivity contribution in [3.8, 4) is 5.75 Å². The van der Waals surface area contributed by atoms with Crippen molar-refractivity contribution in [1.29, 1.82) is 0 Å². The van der Waals surface area contributed by atoms with Gasteiger partial charge in [-0.1, -0.05) is 19.9 Å². The van der Waals surface area contributed by atoms with Crippen LogP contribution in [0.4, 0.5) is 10.5 Å². The number of rotatable bonds is 8. The number of nitrogens with zero attached hydrogens (tertiary/aromatic N) is 1. The Labute approximate surface area is 153 Å². The number of anilines is 1. The highest BCUT2D eigenvalue weighted by Crippen LogP contribution is 2.18. The lowest BCUT2D eigenvalue weighted by atomic mass is 10.2. The Hall–Kier alpha value is -3.09. The Kier molecular flexibility index (Phi) is 7.42. The first kappa shape index (κ1) is 19.2. The zero-order valence-electron chi connectivity index (χ0n) is 15.0. The molecule has 26 heavy (non-hydrogen) atoms. The Morgan fingerprint density at radius 2 is 1.81 bits per heavy atom. The summed E-state index contributed by atoms with van der Waals surface area (Å²) in [6, 6.07) is 10.6. The third-order valence-electron chi connectivity index (χ3n) is 3.48. The second-order valence-corrected chi connectivity index (χ2v) is 6.00. The van der Waals surface area contributed by atoms with Gasteiger partial charge in [-0.25, -0.2) is 4.79 Å². The van der Waals surface area contributed by atoms with Crippen LogP contribution in [0.1, 0.15) is 19.4 Å². The van der Waals surface area contributed by atoms with Gasteiger partial charge in [-0.2, -0.15) is 0 Å². The molecule has 3 N–H and O–H groups in total. The Bertz CT molecular complexity index is 720. The molecule has 1 aromatic carbocycles. The van der Waals surface area contributed by atoms with Gasteiger partial charge in [-0.3, -0.25) is 9.78 Å². The molecule has 7 heteroatoms. The van der Waals surface area contributed by atoms with Crippen LogP contribution in [0.2, 0.25) is 0 Å². The van der Waals surface area contributed by atoms with Crippen LogP contribution in [0, 0.1) is 5.92 Å². The zero-order chi connectivity index (χ0) is 18.8. The molecule has 2 rings (SSSR count). The maximum Gasteiger partial charge on any atom is 0.319 e. The lowest BCUT2D eigenvalue weighted by Gasteiger charge is -2.11. The van der Waals surface area contributed by atoms with Crippen LogP contribution < -0.4 is 20.7 Å². The van der Waals surface area contributed by atoms with Crippen LogP contribution in [-0.2, 0) is 11.4 Å². The van der Waals surface area contributed by atoms with E-state index in [1.165, 1.54) is 0 Å². The van der Waals surface area contributed by atoms with Gasteiger partial charge in [0.25, 0.3) is 0 Å². The van der Waals surface area contributed by atoms with Crippen molar-refractivity contribution in [3.63, 3.8) is 0 Å². The van der Waals surface area contributed by atoms with Crippen molar-refractivity contribution in [2.45, 2.75) is 20.5 Å². The van der Waals surface area contributed by atoms with Gasteiger partial charge in [-0.15, -0.1) is 0 Å². The number of nitrogens with one attached hydrogen (secondary N) is 3. The number of hydrogen-bond acceptors (Lipinski definition) is 4. The molecule has 7 nitrogen and oxygen atoms in total. The molecule has 3 amide bonds. The second kappa shape index (κ2) is 10.0. The van der Waals surface area contributed by atoms with Crippen LogP contribution >= 0.6 is 0 Å². The molecule has 2 aromatic rings. The number of aromatic nitrogens is 1. The maximum absolute atomic E-state index is 11.9. The van der Waals surface area contributed by atoms with E-state index in [-0.39, 0.29) is 17.9 Å². The van der Waals surface area contributed by atoms with E-state index in [0.29, 0.717) is 31.1 Å². The molecule has 0 radical (unpaired) electrons. The molecule has 0 unspecified atom stereocenters. The van der Waals surface area contributed by atoms with E-state index >= 15 is 0 Å². The molecule has 0 spiro atoms. The molecule has 1 aromatic heterocycles. The minimum absolute atomic E-state index is 0.0359. The van der Waals surface area contributed by atoms with Crippen molar-refractivity contribution >= 4 is 17.6 Å². The van der Waals surface area contributed by atoms with Crippen molar-refractivity contribution in [2.24, 2.45) is 5.92 Å². The molecule has 138 valence electrons. The monoisotopic (exact) mass is 356 g/mol. The Morgan fingerprint density at radius 3 is 2.54 bits per heavy atom. The summed E-state index contributed by atoms with van der Waals surface area (Å²) in [5.74, 6) is 0.550. The van der Waals surface area contributed by atoms with E-state index in [1.54, 1.807) is 30.6 Å². The van der Waals surface area contributed by atoms with Gasteiger partial charge in [-0.05, 0) is 29.8 Å². The normalized spacial score (nSPS) is 10.3. The van der Waals surface area contributed by atoms with E-state index in [1.807, 2.05) is 32.0 Å². The first-order chi connectivity index (χ1) is 12.5. The van der Waals surface area contributed by atoms with Crippen LogP contribution in [0.25, 0.3) is 0 Å². The largest absolute Gasteiger partial charge is 0.489 e. The average Bonchev–Trinajstić information content (AvgIpc) is 2.64. The number of carbonyl (C=O) groups is 2. The predicted octanol–water partition coefficient (Wildman–Crippen LogP) is 2.55. The van der Waals surface area contributed by atoms with Gasteiger partial charge in [0.1, 0.15) is 12.4 Å². The molecule has 0 aliphatic heterocycles. The Morgan fingerprint density at radius 1 is 1.08 bits per heavy atom. The zero-order valence-corrected chi connectivity index (χ0v) is 15.0. The van der Waals surface area contributed by atoms with Gasteiger partial charge < -0.3 is 20.7 Å². The molecule has 0 bridgehead atoms. The lowest BCUT2D eigenvalue weighted by Crippen LogP contribution is -2.38. The number of urea groups is 1. The molecule has 0 aliphatic carbocycles. The predicted molar refractivity (Wildman–Crippen MR) is 99.9 cm³/mol. The number of hydrogen-bond donors (Lipinski definition) is 3. The van der Waals surface area contributed by atoms with Crippen LogP contribution in [0.3, 0.4) is 0 Å². The van der Waals surface area contributed by atoms with Gasteiger partial charge in [0, 0.05) is 43.2 Å². The van der Waals surface area contributed by atoms with Crippen molar-refractivity contribution in [2.75, 3.05) is 18.4 Å². The fourth-order valence-electron chi connectivity index (χ4n) is 2.05. The van der Waals surface area contributed by atoms with Crippen molar-refractivity contribution in [1.82, 2.24) is 15.6 Å². The molecular weight excluding hydrogens is 332 g/mol. The number of pyridine rings is 1. The van der Waals surface area contributed by atoms with E-state index in [2.05, 4.69) is 20.9 Å². The van der Waals surface area contributed by atoms with E-state index < -0.39 is 0 Å². The van der Waals surface area contributed by atoms with Crippen LogP contribution in [0.15, 0.2) is 48.8 Å². The molecule has 0 fully saturated rings. The lowest BCUT2D eigenvalue weighted by molar-refractivity contribution is -0.123. The standard InChI is InChI=1S/C19H24N4O3/c1-14(2)18(24)21-10-11-22-19(25)23-16-4-3-5-17(12-16)26-13-15-6-8-20-9-7-15/h3-9,12,14H,10-11,13H2,1-2H3,(H,21,24)(H2,22,23,25). The van der Waals surface area contributed by atoms with E-state index in [9.17, 15) is 9.59 Å². The van der Waals surface area contributed by atoms with Crippen molar-refractivity contribution in [3.05, 3.63) is 54.4 Å². The molecule has 1 heterocycles. The number of benzene rings is 1. The van der Waals surface area contributed by atoms with Gasteiger partial charge in [0.2, 0.25) is 5.91 Å². The summed E-state index contributed by atoms with van der Waals surface area (Å²) in [6.07, 6.45) is 3.43. The fraction of sp³-hybridized carbons (Fsp3) is 0.316.